The Morgan fingerprint density at radius 3 is 2.57 bits per heavy atom. The van der Waals surface area contributed by atoms with Crippen molar-refractivity contribution < 1.29 is 4.79 Å². The van der Waals surface area contributed by atoms with Crippen LogP contribution in [0.2, 0.25) is 5.02 Å². The number of aryl methyl sites for hydroxylation is 3. The van der Waals surface area contributed by atoms with Crippen LogP contribution in [0.5, 0.6) is 0 Å². The van der Waals surface area contributed by atoms with Crippen LogP contribution in [-0.2, 0) is 20.5 Å². The quantitative estimate of drug-likeness (QED) is 0.699. The van der Waals surface area contributed by atoms with E-state index in [1.54, 1.807) is 16.4 Å². The van der Waals surface area contributed by atoms with E-state index in [4.69, 9.17) is 11.6 Å². The second-order valence-electron chi connectivity index (χ2n) is 5.06. The molecule has 2 heterocycles. The Balaban J connectivity index is 2.02. The molecule has 0 radical (unpaired) electrons. The van der Waals surface area contributed by atoms with Crippen molar-refractivity contribution in [1.29, 1.82) is 0 Å². The van der Waals surface area contributed by atoms with Gasteiger partial charge in [-0.25, -0.2) is 0 Å². The first kappa shape index (κ1) is 13.8. The number of carbonyl (C=O) groups excluding carboxylic acids is 1. The topological polar surface area (TPSA) is 52.7 Å². The predicted molar refractivity (Wildman–Crippen MR) is 81.7 cm³/mol. The van der Waals surface area contributed by atoms with Gasteiger partial charge in [-0.05, 0) is 13.0 Å². The van der Waals surface area contributed by atoms with Crippen LogP contribution < -0.4 is 0 Å². The van der Waals surface area contributed by atoms with Gasteiger partial charge in [0.05, 0.1) is 28.3 Å². The molecule has 0 unspecified atom stereocenters. The highest BCUT2D eigenvalue weighted by Gasteiger charge is 2.20. The number of aromatic nitrogens is 4. The van der Waals surface area contributed by atoms with E-state index in [9.17, 15) is 4.79 Å². The minimum absolute atomic E-state index is 0.0586. The highest BCUT2D eigenvalue weighted by Crippen LogP contribution is 2.23. The number of ketones is 1. The van der Waals surface area contributed by atoms with Crippen molar-refractivity contribution in [1.82, 2.24) is 19.6 Å². The third-order valence-corrected chi connectivity index (χ3v) is 4.10. The summed E-state index contributed by atoms with van der Waals surface area (Å²) in [4.78, 5) is 12.6. The molecule has 108 valence electrons. The summed E-state index contributed by atoms with van der Waals surface area (Å²) in [5, 5.41) is 9.99. The molecule has 3 rings (SSSR count). The number of carbonyl (C=O) groups is 1. The molecule has 3 aromatic rings. The zero-order valence-corrected chi connectivity index (χ0v) is 12.8. The fourth-order valence-corrected chi connectivity index (χ4v) is 2.75. The number of halogens is 1. The summed E-state index contributed by atoms with van der Waals surface area (Å²) < 4.78 is 3.37. The Morgan fingerprint density at radius 1 is 1.19 bits per heavy atom. The summed E-state index contributed by atoms with van der Waals surface area (Å²) in [6.45, 7) is 1.83. The molecule has 0 bridgehead atoms. The molecule has 6 heteroatoms. The summed E-state index contributed by atoms with van der Waals surface area (Å²) in [5.41, 5.74) is 2.86. The Kier molecular flexibility index (Phi) is 3.29. The fraction of sp³-hybridized carbons (Fsp3) is 0.267. The van der Waals surface area contributed by atoms with Gasteiger partial charge in [-0.15, -0.1) is 0 Å². The molecule has 1 aromatic carbocycles. The highest BCUT2D eigenvalue weighted by molar-refractivity contribution is 6.32. The van der Waals surface area contributed by atoms with Gasteiger partial charge in [0.2, 0.25) is 0 Å². The molecule has 0 aliphatic rings. The molecule has 0 spiro atoms. The minimum atomic E-state index is -0.0586. The summed E-state index contributed by atoms with van der Waals surface area (Å²) in [5.74, 6) is -0.0586. The van der Waals surface area contributed by atoms with E-state index >= 15 is 0 Å². The van der Waals surface area contributed by atoms with Crippen molar-refractivity contribution >= 4 is 28.3 Å². The van der Waals surface area contributed by atoms with Gasteiger partial charge >= 0.3 is 0 Å². The molecular weight excluding hydrogens is 288 g/mol. The van der Waals surface area contributed by atoms with Gasteiger partial charge in [0.1, 0.15) is 5.69 Å². The van der Waals surface area contributed by atoms with E-state index in [1.807, 2.05) is 38.2 Å². The molecule has 0 amide bonds. The first-order valence-electron chi connectivity index (χ1n) is 6.62. The van der Waals surface area contributed by atoms with Crippen molar-refractivity contribution in [3.63, 3.8) is 0 Å². The molecule has 5 nitrogen and oxygen atoms in total. The summed E-state index contributed by atoms with van der Waals surface area (Å²) >= 11 is 6.21. The van der Waals surface area contributed by atoms with E-state index < -0.39 is 0 Å². The molecular formula is C15H15ClN4O. The molecule has 0 fully saturated rings. The normalized spacial score (nSPS) is 11.2. The van der Waals surface area contributed by atoms with Crippen LogP contribution in [-0.4, -0.2) is 25.3 Å². The number of fused-ring (bicyclic) bond motifs is 1. The molecule has 0 aliphatic carbocycles. The predicted octanol–water partition coefficient (Wildman–Crippen LogP) is 2.69. The van der Waals surface area contributed by atoms with E-state index in [2.05, 4.69) is 10.2 Å². The van der Waals surface area contributed by atoms with Crippen LogP contribution in [0, 0.1) is 6.92 Å². The maximum absolute atomic E-state index is 12.6. The Labute approximate surface area is 127 Å². The van der Waals surface area contributed by atoms with Crippen LogP contribution in [0.4, 0.5) is 0 Å². The molecule has 0 atom stereocenters. The standard InChI is InChI=1S/C15H15ClN4O/c1-9-14(16)12(20(3)17-9)8-13(21)15-10-6-4-5-7-11(10)19(2)18-15/h4-7H,8H2,1-3H3. The molecule has 0 aliphatic heterocycles. The highest BCUT2D eigenvalue weighted by atomic mass is 35.5. The number of nitrogens with zero attached hydrogens (tertiary/aromatic N) is 4. The monoisotopic (exact) mass is 302 g/mol. The fourth-order valence-electron chi connectivity index (χ4n) is 2.53. The van der Waals surface area contributed by atoms with Gasteiger partial charge in [-0.3, -0.25) is 14.2 Å². The van der Waals surface area contributed by atoms with Gasteiger partial charge in [-0.1, -0.05) is 29.8 Å². The average molecular weight is 303 g/mol. The lowest BCUT2D eigenvalue weighted by Gasteiger charge is -2.01. The van der Waals surface area contributed by atoms with Crippen molar-refractivity contribution in [3.8, 4) is 0 Å². The van der Waals surface area contributed by atoms with Crippen LogP contribution in [0.3, 0.4) is 0 Å². The summed E-state index contributed by atoms with van der Waals surface area (Å²) in [6.07, 6.45) is 0.192. The van der Waals surface area contributed by atoms with Gasteiger partial charge in [0.15, 0.2) is 5.78 Å². The van der Waals surface area contributed by atoms with Gasteiger partial charge in [0, 0.05) is 19.5 Å². The van der Waals surface area contributed by atoms with Gasteiger partial charge in [0.25, 0.3) is 0 Å². The van der Waals surface area contributed by atoms with Crippen molar-refractivity contribution in [2.45, 2.75) is 13.3 Å². The molecule has 21 heavy (non-hydrogen) atoms. The maximum atomic E-state index is 12.6. The lowest BCUT2D eigenvalue weighted by molar-refractivity contribution is 0.0987. The van der Waals surface area contributed by atoms with Gasteiger partial charge < -0.3 is 0 Å². The summed E-state index contributed by atoms with van der Waals surface area (Å²) in [6, 6.07) is 7.69. The van der Waals surface area contributed by atoms with E-state index in [0.29, 0.717) is 16.4 Å². The zero-order chi connectivity index (χ0) is 15.1. The Hall–Kier alpha value is -2.14. The summed E-state index contributed by atoms with van der Waals surface area (Å²) in [7, 11) is 3.62. The van der Waals surface area contributed by atoms with Crippen LogP contribution >= 0.6 is 11.6 Å². The first-order valence-corrected chi connectivity index (χ1v) is 6.99. The van der Waals surface area contributed by atoms with E-state index in [0.717, 1.165) is 16.6 Å². The third kappa shape index (κ3) is 2.23. The number of benzene rings is 1. The third-order valence-electron chi connectivity index (χ3n) is 3.61. The average Bonchev–Trinajstić information content (AvgIpc) is 2.92. The second-order valence-corrected chi connectivity index (χ2v) is 5.44. The SMILES string of the molecule is Cc1nn(C)c(CC(=O)c2nn(C)c3ccccc23)c1Cl. The number of rotatable bonds is 3. The van der Waals surface area contributed by atoms with Crippen molar-refractivity contribution in [2.24, 2.45) is 14.1 Å². The smallest absolute Gasteiger partial charge is 0.189 e. The van der Waals surface area contributed by atoms with E-state index in [-0.39, 0.29) is 12.2 Å². The number of Topliss-reactive ketones (excluding diaryl/α,β-unsaturated/α-hetero) is 1. The van der Waals surface area contributed by atoms with Crippen LogP contribution in [0.1, 0.15) is 21.9 Å². The van der Waals surface area contributed by atoms with Crippen molar-refractivity contribution in [3.05, 3.63) is 46.4 Å². The lowest BCUT2D eigenvalue weighted by Crippen LogP contribution is -2.09. The lowest BCUT2D eigenvalue weighted by atomic mass is 10.1. The largest absolute Gasteiger partial charge is 0.292 e. The Bertz CT molecular complexity index is 847. The second kappa shape index (κ2) is 5.00. The minimum Gasteiger partial charge on any atom is -0.292 e. The van der Waals surface area contributed by atoms with Gasteiger partial charge in [-0.2, -0.15) is 10.2 Å². The molecule has 0 saturated carbocycles. The van der Waals surface area contributed by atoms with E-state index in [1.165, 1.54) is 0 Å². The van der Waals surface area contributed by atoms with Crippen LogP contribution in [0.15, 0.2) is 24.3 Å². The molecule has 2 aromatic heterocycles. The molecule has 0 N–H and O–H groups in total. The Morgan fingerprint density at radius 2 is 1.90 bits per heavy atom. The van der Waals surface area contributed by atoms with Crippen molar-refractivity contribution in [2.75, 3.05) is 0 Å². The first-order chi connectivity index (χ1) is 9.99. The van der Waals surface area contributed by atoms with Crippen LogP contribution in [0.25, 0.3) is 10.9 Å². The molecule has 0 saturated heterocycles. The number of hydrogen-bond donors (Lipinski definition) is 0. The number of hydrogen-bond acceptors (Lipinski definition) is 3. The zero-order valence-electron chi connectivity index (χ0n) is 12.1. The maximum Gasteiger partial charge on any atom is 0.189 e. The number of para-hydroxylation sites is 1.